The second-order valence-corrected chi connectivity index (χ2v) is 10.7. The normalized spacial score (nSPS) is 12.7. The maximum absolute atomic E-state index is 12.2. The van der Waals surface area contributed by atoms with Gasteiger partial charge in [-0.1, -0.05) is 82.5 Å². The Morgan fingerprint density at radius 2 is 1.09 bits per heavy atom. The molecule has 3 aromatic carbocycles. The predicted molar refractivity (Wildman–Crippen MR) is 169 cm³/mol. The molecule has 0 bridgehead atoms. The lowest BCUT2D eigenvalue weighted by Crippen LogP contribution is -2.30. The molecular formula is C35H48O8. The van der Waals surface area contributed by atoms with Gasteiger partial charge in [0.05, 0.1) is 13.2 Å². The number of unbranched alkanes of at least 4 members (excludes halogenated alkanes) is 2. The molecule has 8 heteroatoms. The van der Waals surface area contributed by atoms with Crippen molar-refractivity contribution in [3.05, 3.63) is 48.0 Å². The molecule has 0 aliphatic rings. The standard InChI is InChI=1S/C35H48O8/c1-6-10-18-38-21-26(42-32(36)8-3)23-40-34-28-14-12-13-15-29(28)35(31-20-25(5)16-17-30(31)34)41-24-27(43-33(37)9-4)22-39-19-11-7-2/h12-17,20,26-27H,6-11,18-19,21-24H2,1-5H3. The monoisotopic (exact) mass is 596 g/mol. The van der Waals surface area contributed by atoms with E-state index in [0.717, 1.165) is 52.8 Å². The second kappa shape index (κ2) is 18.3. The minimum Gasteiger partial charge on any atom is -0.488 e. The van der Waals surface area contributed by atoms with Gasteiger partial charge in [0.15, 0.2) is 12.2 Å². The Morgan fingerprint density at radius 3 is 1.56 bits per heavy atom. The van der Waals surface area contributed by atoms with Crippen LogP contribution in [0.25, 0.3) is 21.5 Å². The minimum atomic E-state index is -0.541. The quantitative estimate of drug-likeness (QED) is 0.0761. The van der Waals surface area contributed by atoms with Crippen LogP contribution in [0.15, 0.2) is 42.5 Å². The zero-order valence-corrected chi connectivity index (χ0v) is 26.4. The van der Waals surface area contributed by atoms with Crippen LogP contribution >= 0.6 is 0 Å². The lowest BCUT2D eigenvalue weighted by Gasteiger charge is -2.23. The zero-order valence-electron chi connectivity index (χ0n) is 26.4. The highest BCUT2D eigenvalue weighted by atomic mass is 16.6. The Morgan fingerprint density at radius 1 is 0.628 bits per heavy atom. The highest BCUT2D eigenvalue weighted by Crippen LogP contribution is 2.43. The molecular weight excluding hydrogens is 548 g/mol. The van der Waals surface area contributed by atoms with Crippen LogP contribution in [0.1, 0.15) is 71.8 Å². The first-order valence-corrected chi connectivity index (χ1v) is 15.7. The van der Waals surface area contributed by atoms with E-state index in [2.05, 4.69) is 19.9 Å². The van der Waals surface area contributed by atoms with E-state index in [1.807, 2.05) is 43.3 Å². The number of benzene rings is 3. The van der Waals surface area contributed by atoms with Crippen LogP contribution in [0, 0.1) is 6.92 Å². The number of aryl methyl sites for hydroxylation is 1. The van der Waals surface area contributed by atoms with Gasteiger partial charge in [-0.15, -0.1) is 0 Å². The van der Waals surface area contributed by atoms with Gasteiger partial charge in [-0.2, -0.15) is 0 Å². The fourth-order valence-corrected chi connectivity index (χ4v) is 4.57. The SMILES string of the molecule is CCCCOCC(COc1c2ccccc2c(OCC(COCCCC)OC(=O)CC)c2cc(C)ccc12)OC(=O)CC. The van der Waals surface area contributed by atoms with Gasteiger partial charge in [-0.05, 0) is 25.8 Å². The van der Waals surface area contributed by atoms with Gasteiger partial charge >= 0.3 is 11.9 Å². The molecule has 0 amide bonds. The number of carbonyl (C=O) groups is 2. The maximum atomic E-state index is 12.2. The van der Waals surface area contributed by atoms with Crippen molar-refractivity contribution < 1.29 is 38.0 Å². The molecule has 0 saturated heterocycles. The molecule has 0 aliphatic heterocycles. The van der Waals surface area contributed by atoms with Crippen molar-refractivity contribution in [1.29, 1.82) is 0 Å². The molecule has 8 nitrogen and oxygen atoms in total. The molecule has 43 heavy (non-hydrogen) atoms. The molecule has 0 spiro atoms. The summed E-state index contributed by atoms with van der Waals surface area (Å²) >= 11 is 0. The maximum Gasteiger partial charge on any atom is 0.305 e. The molecule has 0 fully saturated rings. The van der Waals surface area contributed by atoms with Crippen molar-refractivity contribution in [3.63, 3.8) is 0 Å². The van der Waals surface area contributed by atoms with E-state index in [1.165, 1.54) is 0 Å². The number of hydrogen-bond acceptors (Lipinski definition) is 8. The van der Waals surface area contributed by atoms with Gasteiger partial charge in [-0.25, -0.2) is 0 Å². The van der Waals surface area contributed by atoms with Crippen LogP contribution in [0.5, 0.6) is 11.5 Å². The molecule has 3 rings (SSSR count). The summed E-state index contributed by atoms with van der Waals surface area (Å²) in [7, 11) is 0. The van der Waals surface area contributed by atoms with Crippen LogP contribution in [0.2, 0.25) is 0 Å². The lowest BCUT2D eigenvalue weighted by molar-refractivity contribution is -0.154. The minimum absolute atomic E-state index is 0.148. The fourth-order valence-electron chi connectivity index (χ4n) is 4.57. The van der Waals surface area contributed by atoms with Crippen LogP contribution < -0.4 is 9.47 Å². The number of hydrogen-bond donors (Lipinski definition) is 0. The lowest BCUT2D eigenvalue weighted by atomic mass is 9.99. The summed E-state index contributed by atoms with van der Waals surface area (Å²) in [6, 6.07) is 14.0. The Hall–Kier alpha value is -3.36. The van der Waals surface area contributed by atoms with E-state index >= 15 is 0 Å². The summed E-state index contributed by atoms with van der Waals surface area (Å²) in [6.07, 6.45) is 3.40. The number of esters is 2. The molecule has 2 unspecified atom stereocenters. The van der Waals surface area contributed by atoms with Crippen molar-refractivity contribution in [1.82, 2.24) is 0 Å². The van der Waals surface area contributed by atoms with Gasteiger partial charge in [-0.3, -0.25) is 9.59 Å². The van der Waals surface area contributed by atoms with E-state index in [1.54, 1.807) is 13.8 Å². The fraction of sp³-hybridized carbons (Fsp3) is 0.543. The highest BCUT2D eigenvalue weighted by molar-refractivity contribution is 6.11. The average Bonchev–Trinajstić information content (AvgIpc) is 3.02. The van der Waals surface area contributed by atoms with Gasteiger partial charge in [0.1, 0.15) is 24.7 Å². The summed E-state index contributed by atoms with van der Waals surface area (Å²) in [5, 5.41) is 3.47. The van der Waals surface area contributed by atoms with E-state index < -0.39 is 12.2 Å². The van der Waals surface area contributed by atoms with E-state index in [0.29, 0.717) is 24.7 Å². The van der Waals surface area contributed by atoms with Crippen molar-refractivity contribution in [3.8, 4) is 11.5 Å². The molecule has 2 atom stereocenters. The van der Waals surface area contributed by atoms with Crippen LogP contribution in [-0.4, -0.2) is 63.8 Å². The molecule has 0 saturated carbocycles. The first kappa shape index (κ1) is 34.1. The summed E-state index contributed by atoms with van der Waals surface area (Å²) in [5.74, 6) is 0.781. The first-order valence-electron chi connectivity index (χ1n) is 15.7. The van der Waals surface area contributed by atoms with Crippen molar-refractivity contribution in [2.45, 2.75) is 85.4 Å². The molecule has 236 valence electrons. The summed E-state index contributed by atoms with van der Waals surface area (Å²) < 4.78 is 35.8. The van der Waals surface area contributed by atoms with Crippen molar-refractivity contribution >= 4 is 33.5 Å². The largest absolute Gasteiger partial charge is 0.488 e. The van der Waals surface area contributed by atoms with Gasteiger partial charge in [0.2, 0.25) is 0 Å². The number of ether oxygens (including phenoxy) is 6. The highest BCUT2D eigenvalue weighted by Gasteiger charge is 2.22. The van der Waals surface area contributed by atoms with E-state index in [-0.39, 0.29) is 51.2 Å². The first-order chi connectivity index (χ1) is 20.9. The Kier molecular flexibility index (Phi) is 14.6. The molecule has 0 radical (unpaired) electrons. The number of rotatable bonds is 20. The van der Waals surface area contributed by atoms with E-state index in [4.69, 9.17) is 28.4 Å². The summed E-state index contributed by atoms with van der Waals surface area (Å²) in [4.78, 5) is 24.3. The van der Waals surface area contributed by atoms with Crippen molar-refractivity contribution in [2.75, 3.05) is 39.6 Å². The van der Waals surface area contributed by atoms with Gasteiger partial charge in [0.25, 0.3) is 0 Å². The van der Waals surface area contributed by atoms with Gasteiger partial charge in [0, 0.05) is 47.6 Å². The molecule has 0 heterocycles. The Balaban J connectivity index is 1.94. The smallest absolute Gasteiger partial charge is 0.305 e. The van der Waals surface area contributed by atoms with Crippen LogP contribution in [-0.2, 0) is 28.5 Å². The topological polar surface area (TPSA) is 89.5 Å². The summed E-state index contributed by atoms with van der Waals surface area (Å²) in [5.41, 5.74) is 1.06. The van der Waals surface area contributed by atoms with Crippen molar-refractivity contribution in [2.24, 2.45) is 0 Å². The Labute approximate surface area is 255 Å². The van der Waals surface area contributed by atoms with Crippen LogP contribution in [0.4, 0.5) is 0 Å². The third-order valence-electron chi connectivity index (χ3n) is 6.97. The van der Waals surface area contributed by atoms with Gasteiger partial charge < -0.3 is 28.4 Å². The second-order valence-electron chi connectivity index (χ2n) is 10.7. The number of fused-ring (bicyclic) bond motifs is 2. The number of carbonyl (C=O) groups excluding carboxylic acids is 2. The molecule has 0 aromatic heterocycles. The average molecular weight is 597 g/mol. The third kappa shape index (κ3) is 10.4. The molecule has 0 aliphatic carbocycles. The van der Waals surface area contributed by atoms with E-state index in [9.17, 15) is 9.59 Å². The molecule has 0 N–H and O–H groups in total. The third-order valence-corrected chi connectivity index (χ3v) is 6.97. The molecule has 3 aromatic rings. The summed E-state index contributed by atoms with van der Waals surface area (Å²) in [6.45, 7) is 11.8. The van der Waals surface area contributed by atoms with Crippen LogP contribution in [0.3, 0.4) is 0 Å². The predicted octanol–water partition coefficient (Wildman–Crippen LogP) is 7.34. The zero-order chi connectivity index (χ0) is 31.0. The Bertz CT molecular complexity index is 1300.